The Kier molecular flexibility index (Phi) is 4.22. The monoisotopic (exact) mass is 332 g/mol. The lowest BCUT2D eigenvalue weighted by atomic mass is 9.87. The number of aromatic nitrogens is 1. The van der Waals surface area contributed by atoms with Crippen LogP contribution in [0.2, 0.25) is 0 Å². The molecule has 1 fully saturated rings. The van der Waals surface area contributed by atoms with Gasteiger partial charge in [0.15, 0.2) is 18.2 Å². The Morgan fingerprint density at radius 3 is 2.76 bits per heavy atom. The van der Waals surface area contributed by atoms with Gasteiger partial charge in [-0.3, -0.25) is 4.79 Å². The van der Waals surface area contributed by atoms with Crippen LogP contribution in [0.3, 0.4) is 0 Å². The third-order valence-electron chi connectivity index (χ3n) is 4.90. The summed E-state index contributed by atoms with van der Waals surface area (Å²) in [5.41, 5.74) is 4.11. The zero-order valence-corrected chi connectivity index (χ0v) is 14.4. The Hall–Kier alpha value is -2.68. The fourth-order valence-corrected chi connectivity index (χ4v) is 3.42. The van der Waals surface area contributed by atoms with Crippen LogP contribution >= 0.6 is 0 Å². The maximum absolute atomic E-state index is 12.1. The zero-order chi connectivity index (χ0) is 17.2. The second kappa shape index (κ2) is 6.67. The summed E-state index contributed by atoms with van der Waals surface area (Å²) in [6.07, 6.45) is 12.8. The topological polar surface area (TPSA) is 30.2 Å². The number of fused-ring (bicyclic) bond motifs is 2. The highest BCUT2D eigenvalue weighted by atomic mass is 16.5. The van der Waals surface area contributed by atoms with Crippen LogP contribution in [0.1, 0.15) is 42.9 Å². The van der Waals surface area contributed by atoms with Crippen molar-refractivity contribution in [2.24, 2.45) is 0 Å². The fourth-order valence-electron chi connectivity index (χ4n) is 3.42. The van der Waals surface area contributed by atoms with Gasteiger partial charge in [-0.2, -0.15) is 0 Å². The van der Waals surface area contributed by atoms with Crippen molar-refractivity contribution in [3.8, 4) is 5.75 Å². The van der Waals surface area contributed by atoms with Crippen LogP contribution in [0.15, 0.2) is 48.3 Å². The number of aryl methyl sites for hydroxylation is 1. The molecule has 1 atom stereocenters. The van der Waals surface area contributed by atoms with Gasteiger partial charge in [-0.05, 0) is 49.1 Å². The van der Waals surface area contributed by atoms with Crippen molar-refractivity contribution >= 4 is 24.0 Å². The minimum absolute atomic E-state index is 0.0512. The Morgan fingerprint density at radius 1 is 1.16 bits per heavy atom. The van der Waals surface area contributed by atoms with Crippen LogP contribution in [0, 0.1) is 0 Å². The van der Waals surface area contributed by atoms with Gasteiger partial charge in [0.25, 0.3) is 0 Å². The molecule has 0 radical (unpaired) electrons. The molecule has 126 valence electrons. The standard InChI is InChI=1S/C22H22NO2/c1-2-23-12-10-16(11-13-23)6-7-17-8-9-21-18(14-17)15-19-20(24)4-3-5-22(19)25-21/h6-15,22H,2-5H2,1H3/q+1/b7-6+. The fraction of sp³-hybridized carbons (Fsp3) is 0.273. The molecule has 0 bridgehead atoms. The van der Waals surface area contributed by atoms with Gasteiger partial charge >= 0.3 is 0 Å². The van der Waals surface area contributed by atoms with Gasteiger partial charge in [-0.25, -0.2) is 4.57 Å². The van der Waals surface area contributed by atoms with E-state index >= 15 is 0 Å². The van der Waals surface area contributed by atoms with Crippen molar-refractivity contribution in [2.45, 2.75) is 38.8 Å². The number of benzene rings is 1. The van der Waals surface area contributed by atoms with Gasteiger partial charge in [0.2, 0.25) is 0 Å². The van der Waals surface area contributed by atoms with E-state index in [2.05, 4.69) is 60.3 Å². The van der Waals surface area contributed by atoms with Gasteiger partial charge in [-0.15, -0.1) is 0 Å². The summed E-state index contributed by atoms with van der Waals surface area (Å²) in [6, 6.07) is 10.4. The van der Waals surface area contributed by atoms with Crippen molar-refractivity contribution < 1.29 is 14.1 Å². The SMILES string of the molecule is CC[n+]1ccc(/C=C/c2ccc3c(c2)C=C2C(=O)CCCC2O3)cc1. The lowest BCUT2D eigenvalue weighted by Gasteiger charge is -2.29. The van der Waals surface area contributed by atoms with Gasteiger partial charge in [0.1, 0.15) is 18.4 Å². The number of pyridine rings is 1. The highest BCUT2D eigenvalue weighted by Gasteiger charge is 2.30. The molecule has 2 heterocycles. The van der Waals surface area contributed by atoms with Crippen LogP contribution in [0.5, 0.6) is 5.75 Å². The van der Waals surface area contributed by atoms with Gasteiger partial charge in [-0.1, -0.05) is 18.2 Å². The van der Waals surface area contributed by atoms with E-state index in [1.807, 2.05) is 12.1 Å². The number of hydrogen-bond donors (Lipinski definition) is 0. The maximum atomic E-state index is 12.1. The summed E-state index contributed by atoms with van der Waals surface area (Å²) in [5, 5.41) is 0. The molecule has 0 N–H and O–H groups in total. The Labute approximate surface area is 148 Å². The molecule has 1 aliphatic carbocycles. The lowest BCUT2D eigenvalue weighted by molar-refractivity contribution is -0.693. The molecule has 4 rings (SSSR count). The van der Waals surface area contributed by atoms with Crippen molar-refractivity contribution in [1.82, 2.24) is 0 Å². The van der Waals surface area contributed by atoms with Crippen LogP contribution in [-0.2, 0) is 11.3 Å². The Morgan fingerprint density at radius 2 is 1.96 bits per heavy atom. The molecule has 3 nitrogen and oxygen atoms in total. The number of rotatable bonds is 3. The molecule has 1 unspecified atom stereocenters. The predicted molar refractivity (Wildman–Crippen MR) is 98.9 cm³/mol. The number of nitrogens with zero attached hydrogens (tertiary/aromatic N) is 1. The molecule has 0 amide bonds. The average molecular weight is 332 g/mol. The first-order valence-corrected chi connectivity index (χ1v) is 8.95. The van der Waals surface area contributed by atoms with E-state index in [0.29, 0.717) is 6.42 Å². The van der Waals surface area contributed by atoms with Crippen molar-refractivity contribution in [3.63, 3.8) is 0 Å². The first kappa shape index (κ1) is 15.8. The van der Waals surface area contributed by atoms with Crippen molar-refractivity contribution in [3.05, 3.63) is 65.0 Å². The van der Waals surface area contributed by atoms with E-state index < -0.39 is 0 Å². The summed E-state index contributed by atoms with van der Waals surface area (Å²) in [5.74, 6) is 1.11. The Balaban J connectivity index is 1.58. The molecule has 3 heteroatoms. The summed E-state index contributed by atoms with van der Waals surface area (Å²) in [4.78, 5) is 12.1. The number of ketones is 1. The molecule has 1 aromatic heterocycles. The third-order valence-corrected chi connectivity index (χ3v) is 4.90. The summed E-state index contributed by atoms with van der Waals surface area (Å²) < 4.78 is 8.17. The minimum atomic E-state index is -0.0512. The van der Waals surface area contributed by atoms with Crippen molar-refractivity contribution in [1.29, 1.82) is 0 Å². The lowest BCUT2D eigenvalue weighted by Crippen LogP contribution is -2.31. The second-order valence-electron chi connectivity index (χ2n) is 6.61. The summed E-state index contributed by atoms with van der Waals surface area (Å²) >= 11 is 0. The molecular weight excluding hydrogens is 310 g/mol. The van der Waals surface area contributed by atoms with E-state index in [1.54, 1.807) is 0 Å². The first-order chi connectivity index (χ1) is 12.2. The number of ether oxygens (including phenoxy) is 1. The zero-order valence-electron chi connectivity index (χ0n) is 14.4. The molecular formula is C22H22NO2+. The quantitative estimate of drug-likeness (QED) is 0.794. The van der Waals surface area contributed by atoms with E-state index in [0.717, 1.165) is 41.8 Å². The Bertz CT molecular complexity index is 862. The van der Waals surface area contributed by atoms with E-state index in [4.69, 9.17) is 4.74 Å². The minimum Gasteiger partial charge on any atom is -0.485 e. The molecule has 1 aromatic carbocycles. The van der Waals surface area contributed by atoms with Crippen LogP contribution in [0.25, 0.3) is 18.2 Å². The maximum Gasteiger partial charge on any atom is 0.169 e. The summed E-state index contributed by atoms with van der Waals surface area (Å²) in [6.45, 7) is 3.10. The normalized spacial score (nSPS) is 19.2. The molecule has 2 aromatic rings. The van der Waals surface area contributed by atoms with Crippen molar-refractivity contribution in [2.75, 3.05) is 0 Å². The van der Waals surface area contributed by atoms with Crippen LogP contribution in [0.4, 0.5) is 0 Å². The van der Waals surface area contributed by atoms with E-state index in [1.165, 1.54) is 5.56 Å². The number of hydrogen-bond acceptors (Lipinski definition) is 2. The number of carbonyl (C=O) groups excluding carboxylic acids is 1. The van der Waals surface area contributed by atoms with Gasteiger partial charge in [0.05, 0.1) is 0 Å². The molecule has 2 aliphatic rings. The number of Topliss-reactive ketones (excluding diaryl/α,β-unsaturated/α-hetero) is 1. The summed E-state index contributed by atoms with van der Waals surface area (Å²) in [7, 11) is 0. The molecule has 25 heavy (non-hydrogen) atoms. The van der Waals surface area contributed by atoms with Crippen LogP contribution < -0.4 is 9.30 Å². The highest BCUT2D eigenvalue weighted by Crippen LogP contribution is 2.35. The smallest absolute Gasteiger partial charge is 0.169 e. The third kappa shape index (κ3) is 3.27. The van der Waals surface area contributed by atoms with Gasteiger partial charge < -0.3 is 4.74 Å². The van der Waals surface area contributed by atoms with E-state index in [-0.39, 0.29) is 11.9 Å². The molecule has 0 spiro atoms. The molecule has 1 aliphatic heterocycles. The second-order valence-corrected chi connectivity index (χ2v) is 6.61. The predicted octanol–water partition coefficient (Wildman–Crippen LogP) is 4.06. The molecule has 1 saturated carbocycles. The van der Waals surface area contributed by atoms with Gasteiger partial charge in [0, 0.05) is 29.7 Å². The van der Waals surface area contributed by atoms with E-state index in [9.17, 15) is 4.79 Å². The van der Waals surface area contributed by atoms with Crippen LogP contribution in [-0.4, -0.2) is 11.9 Å². The average Bonchev–Trinajstić information content (AvgIpc) is 2.66. The first-order valence-electron chi connectivity index (χ1n) is 8.95. The molecule has 0 saturated heterocycles. The number of carbonyl (C=O) groups is 1. The highest BCUT2D eigenvalue weighted by molar-refractivity contribution is 6.02. The largest absolute Gasteiger partial charge is 0.485 e.